The summed E-state index contributed by atoms with van der Waals surface area (Å²) in [7, 11) is -7.64. The van der Waals surface area contributed by atoms with Crippen LogP contribution in [0.5, 0.6) is 0 Å². The summed E-state index contributed by atoms with van der Waals surface area (Å²) in [5.74, 6) is 0. The first-order valence-corrected chi connectivity index (χ1v) is 11.4. The highest BCUT2D eigenvalue weighted by Gasteiger charge is 2.25. The van der Waals surface area contributed by atoms with Crippen molar-refractivity contribution in [2.75, 3.05) is 11.0 Å². The van der Waals surface area contributed by atoms with Crippen LogP contribution in [0.3, 0.4) is 0 Å². The highest BCUT2D eigenvalue weighted by Crippen LogP contribution is 2.26. The van der Waals surface area contributed by atoms with E-state index in [1.165, 1.54) is 36.4 Å². The lowest BCUT2D eigenvalue weighted by Gasteiger charge is -2.09. The Balaban J connectivity index is 1.85. The number of para-hydroxylation sites is 1. The summed E-state index contributed by atoms with van der Waals surface area (Å²) < 4.78 is 50.2. The van der Waals surface area contributed by atoms with E-state index in [1.807, 2.05) is 0 Å². The number of benzene rings is 2. The molecule has 3 aromatic rings. The predicted octanol–water partition coefficient (Wildman–Crippen LogP) is 2.26. The van der Waals surface area contributed by atoms with Gasteiger partial charge < -0.3 is 0 Å². The second-order valence-corrected chi connectivity index (χ2v) is 9.55. The van der Waals surface area contributed by atoms with Gasteiger partial charge in [-0.2, -0.15) is 0 Å². The van der Waals surface area contributed by atoms with Crippen molar-refractivity contribution in [3.05, 3.63) is 70.8 Å². The molecule has 0 unspecified atom stereocenters. The average molecular weight is 434 g/mol. The molecule has 12 heteroatoms. The van der Waals surface area contributed by atoms with E-state index in [-0.39, 0.29) is 10.7 Å². The molecule has 10 nitrogen and oxygen atoms in total. The van der Waals surface area contributed by atoms with Gasteiger partial charge >= 0.3 is 0 Å². The molecule has 0 amide bonds. The maximum Gasteiger partial charge on any atom is 0.289 e. The molecular formula is C17H14N4O6S2. The van der Waals surface area contributed by atoms with E-state index >= 15 is 0 Å². The van der Waals surface area contributed by atoms with Crippen LogP contribution in [0.25, 0.3) is 11.3 Å². The fourth-order valence-corrected chi connectivity index (χ4v) is 4.16. The number of nitro benzene ring substituents is 1. The third-order valence-corrected chi connectivity index (χ3v) is 6.21. The van der Waals surface area contributed by atoms with Crippen LogP contribution in [0.15, 0.2) is 70.6 Å². The molecule has 3 rings (SSSR count). The third kappa shape index (κ3) is 4.55. The van der Waals surface area contributed by atoms with Crippen molar-refractivity contribution in [2.24, 2.45) is 0 Å². The summed E-state index contributed by atoms with van der Waals surface area (Å²) in [6.07, 6.45) is 1.02. The van der Waals surface area contributed by atoms with Crippen molar-refractivity contribution >= 4 is 31.2 Å². The summed E-state index contributed by atoms with van der Waals surface area (Å²) in [5.41, 5.74) is 0.627. The van der Waals surface area contributed by atoms with E-state index in [0.29, 0.717) is 11.3 Å². The van der Waals surface area contributed by atoms with Gasteiger partial charge in [-0.05, 0) is 30.3 Å². The van der Waals surface area contributed by atoms with Crippen LogP contribution in [-0.2, 0) is 19.9 Å². The fraction of sp³-hybridized carbons (Fsp3) is 0.0588. The van der Waals surface area contributed by atoms with Gasteiger partial charge in [-0.15, -0.1) is 10.2 Å². The Kier molecular flexibility index (Phi) is 5.31. The number of nitrogens with one attached hydrogen (secondary N) is 1. The van der Waals surface area contributed by atoms with Crippen molar-refractivity contribution in [1.29, 1.82) is 0 Å². The first-order valence-electron chi connectivity index (χ1n) is 7.98. The summed E-state index contributed by atoms with van der Waals surface area (Å²) in [5, 5.41) is 18.4. The first kappa shape index (κ1) is 20.4. The zero-order chi connectivity index (χ0) is 21.2. The maximum atomic E-state index is 12.5. The van der Waals surface area contributed by atoms with Gasteiger partial charge in [0.1, 0.15) is 0 Å². The molecule has 0 spiro atoms. The van der Waals surface area contributed by atoms with E-state index in [9.17, 15) is 26.9 Å². The van der Waals surface area contributed by atoms with Crippen molar-refractivity contribution in [3.63, 3.8) is 0 Å². The van der Waals surface area contributed by atoms with Crippen LogP contribution < -0.4 is 4.72 Å². The largest absolute Gasteiger partial charge is 0.289 e. The number of nitro groups is 1. The highest BCUT2D eigenvalue weighted by atomic mass is 32.2. The zero-order valence-electron chi connectivity index (χ0n) is 14.9. The Morgan fingerprint density at radius 2 is 1.55 bits per heavy atom. The van der Waals surface area contributed by atoms with Gasteiger partial charge in [0.05, 0.1) is 10.6 Å². The molecule has 0 aliphatic carbocycles. The average Bonchev–Trinajstić information content (AvgIpc) is 2.68. The second kappa shape index (κ2) is 7.56. The van der Waals surface area contributed by atoms with Gasteiger partial charge in [-0.25, -0.2) is 16.8 Å². The molecule has 150 valence electrons. The summed E-state index contributed by atoms with van der Waals surface area (Å²) >= 11 is 0. The van der Waals surface area contributed by atoms with Gasteiger partial charge in [-0.1, -0.05) is 24.3 Å². The smallest absolute Gasteiger partial charge is 0.279 e. The Morgan fingerprint density at radius 3 is 2.10 bits per heavy atom. The third-order valence-electron chi connectivity index (χ3n) is 3.80. The van der Waals surface area contributed by atoms with Crippen LogP contribution in [-0.4, -0.2) is 38.2 Å². The van der Waals surface area contributed by atoms with Gasteiger partial charge in [0.15, 0.2) is 19.8 Å². The lowest BCUT2D eigenvalue weighted by Crippen LogP contribution is -2.14. The number of sulfonamides is 1. The van der Waals surface area contributed by atoms with Crippen LogP contribution in [0.4, 0.5) is 11.4 Å². The fourth-order valence-electron chi connectivity index (χ4n) is 2.43. The maximum absolute atomic E-state index is 12.5. The van der Waals surface area contributed by atoms with Crippen LogP contribution >= 0.6 is 0 Å². The standard InChI is InChI=1S/C17H14N4O6S2/c1-28(24,25)17-11-10-14(18-19-17)12-6-8-13(9-7-12)20-29(26,27)16-5-3-2-4-15(16)21(22)23/h2-11,20H,1H3. The number of hydrogen-bond donors (Lipinski definition) is 1. The molecule has 1 aromatic heterocycles. The number of anilines is 1. The summed E-state index contributed by atoms with van der Waals surface area (Å²) in [6.45, 7) is 0. The van der Waals surface area contributed by atoms with Crippen LogP contribution in [0, 0.1) is 10.1 Å². The first-order chi connectivity index (χ1) is 13.6. The summed E-state index contributed by atoms with van der Waals surface area (Å²) in [6, 6.07) is 13.8. The van der Waals surface area contributed by atoms with E-state index in [0.717, 1.165) is 18.4 Å². The minimum absolute atomic E-state index is 0.157. The van der Waals surface area contributed by atoms with Crippen molar-refractivity contribution in [1.82, 2.24) is 10.2 Å². The minimum atomic E-state index is -4.17. The normalized spacial score (nSPS) is 11.8. The minimum Gasteiger partial charge on any atom is -0.279 e. The molecule has 1 N–H and O–H groups in total. The number of aromatic nitrogens is 2. The molecule has 0 aliphatic rings. The zero-order valence-corrected chi connectivity index (χ0v) is 16.5. The lowest BCUT2D eigenvalue weighted by molar-refractivity contribution is -0.387. The van der Waals surface area contributed by atoms with E-state index in [1.54, 1.807) is 12.1 Å². The van der Waals surface area contributed by atoms with Gasteiger partial charge in [-0.3, -0.25) is 14.8 Å². The molecule has 29 heavy (non-hydrogen) atoms. The SMILES string of the molecule is CS(=O)(=O)c1ccc(-c2ccc(NS(=O)(=O)c3ccccc3[N+](=O)[O-])cc2)nn1. The van der Waals surface area contributed by atoms with E-state index in [2.05, 4.69) is 14.9 Å². The summed E-state index contributed by atoms with van der Waals surface area (Å²) in [4.78, 5) is 9.86. The number of hydrogen-bond acceptors (Lipinski definition) is 8. The molecule has 0 atom stereocenters. The van der Waals surface area contributed by atoms with Gasteiger partial charge in [0.25, 0.3) is 15.7 Å². The van der Waals surface area contributed by atoms with Gasteiger partial charge in [0.2, 0.25) is 0 Å². The number of rotatable bonds is 6. The lowest BCUT2D eigenvalue weighted by atomic mass is 10.1. The number of sulfone groups is 1. The molecule has 0 saturated heterocycles. The molecule has 0 fully saturated rings. The van der Waals surface area contributed by atoms with Gasteiger partial charge in [0, 0.05) is 23.6 Å². The molecule has 0 aliphatic heterocycles. The predicted molar refractivity (Wildman–Crippen MR) is 104 cm³/mol. The van der Waals surface area contributed by atoms with E-state index in [4.69, 9.17) is 0 Å². The van der Waals surface area contributed by atoms with Crippen LogP contribution in [0.2, 0.25) is 0 Å². The van der Waals surface area contributed by atoms with Crippen LogP contribution in [0.1, 0.15) is 0 Å². The molecular weight excluding hydrogens is 420 g/mol. The molecule has 2 aromatic carbocycles. The van der Waals surface area contributed by atoms with Crippen molar-refractivity contribution < 1.29 is 21.8 Å². The topological polar surface area (TPSA) is 149 Å². The Labute approximate surface area is 166 Å². The second-order valence-electron chi connectivity index (χ2n) is 5.94. The Morgan fingerprint density at radius 1 is 0.897 bits per heavy atom. The highest BCUT2D eigenvalue weighted by molar-refractivity contribution is 7.93. The van der Waals surface area contributed by atoms with E-state index < -0.39 is 35.4 Å². The molecule has 0 saturated carbocycles. The Hall–Kier alpha value is -3.38. The van der Waals surface area contributed by atoms with Crippen molar-refractivity contribution in [2.45, 2.75) is 9.92 Å². The molecule has 0 radical (unpaired) electrons. The number of nitrogens with zero attached hydrogens (tertiary/aromatic N) is 3. The quantitative estimate of drug-likeness (QED) is 0.458. The molecule has 1 heterocycles. The molecule has 0 bridgehead atoms. The monoisotopic (exact) mass is 434 g/mol. The van der Waals surface area contributed by atoms with Crippen molar-refractivity contribution in [3.8, 4) is 11.3 Å². The Bertz CT molecular complexity index is 1270.